The molecule has 114 valence electrons. The van der Waals surface area contributed by atoms with Gasteiger partial charge in [-0.25, -0.2) is 0 Å². The molecule has 0 bridgehead atoms. The van der Waals surface area contributed by atoms with Crippen molar-refractivity contribution >= 4 is 0 Å². The zero-order chi connectivity index (χ0) is 15.6. The Hall–Kier alpha value is -1.64. The Kier molecular flexibility index (Phi) is 4.74. The number of alkyl halides is 6. The molecule has 0 aliphatic rings. The van der Waals surface area contributed by atoms with Gasteiger partial charge in [0.05, 0.1) is 0 Å². The van der Waals surface area contributed by atoms with Crippen LogP contribution in [0.25, 0.3) is 0 Å². The Labute approximate surface area is 110 Å². The highest BCUT2D eigenvalue weighted by Gasteiger charge is 2.34. The molecule has 1 atom stereocenters. The van der Waals surface area contributed by atoms with Crippen LogP contribution < -0.4 is 15.2 Å². The number of hydrogen-bond donors (Lipinski definition) is 1. The van der Waals surface area contributed by atoms with Gasteiger partial charge < -0.3 is 15.2 Å². The summed E-state index contributed by atoms with van der Waals surface area (Å²) < 4.78 is 79.8. The van der Waals surface area contributed by atoms with Crippen LogP contribution in [0.3, 0.4) is 0 Å². The molecular formula is C11H11F6NO2. The second-order valence-corrected chi connectivity index (χ2v) is 3.85. The first-order valence-electron chi connectivity index (χ1n) is 5.42. The first kappa shape index (κ1) is 16.4. The van der Waals surface area contributed by atoms with Crippen LogP contribution in [0.4, 0.5) is 26.3 Å². The lowest BCUT2D eigenvalue weighted by atomic mass is 10.0. The monoisotopic (exact) mass is 303 g/mol. The van der Waals surface area contributed by atoms with E-state index in [1.807, 2.05) is 0 Å². The molecule has 0 radical (unpaired) electrons. The van der Waals surface area contributed by atoms with Crippen molar-refractivity contribution in [2.24, 2.45) is 5.73 Å². The van der Waals surface area contributed by atoms with E-state index in [4.69, 9.17) is 5.73 Å². The van der Waals surface area contributed by atoms with E-state index >= 15 is 0 Å². The summed E-state index contributed by atoms with van der Waals surface area (Å²) in [6.07, 6.45) is -9.73. The fraction of sp³-hybridized carbons (Fsp3) is 0.455. The molecule has 9 heteroatoms. The van der Waals surface area contributed by atoms with Gasteiger partial charge >= 0.3 is 12.7 Å². The molecule has 2 N–H and O–H groups in total. The summed E-state index contributed by atoms with van der Waals surface area (Å²) in [5, 5.41) is 0. The number of ether oxygens (including phenoxy) is 2. The summed E-state index contributed by atoms with van der Waals surface area (Å²) in [7, 11) is 0. The van der Waals surface area contributed by atoms with Crippen molar-refractivity contribution < 1.29 is 35.8 Å². The molecule has 1 rings (SSSR count). The third-order valence-corrected chi connectivity index (χ3v) is 2.24. The average molecular weight is 303 g/mol. The zero-order valence-corrected chi connectivity index (χ0v) is 10.2. The summed E-state index contributed by atoms with van der Waals surface area (Å²) >= 11 is 0. The lowest BCUT2D eigenvalue weighted by molar-refractivity contribution is -0.276. The molecular weight excluding hydrogens is 292 g/mol. The maximum atomic E-state index is 12.1. The Morgan fingerprint density at radius 3 is 1.65 bits per heavy atom. The van der Waals surface area contributed by atoms with Crippen LogP contribution in [0, 0.1) is 0 Å². The summed E-state index contributed by atoms with van der Waals surface area (Å²) in [6.45, 7) is 1.63. The van der Waals surface area contributed by atoms with Crippen LogP contribution >= 0.6 is 0 Å². The van der Waals surface area contributed by atoms with E-state index in [0.717, 1.165) is 12.1 Å². The minimum absolute atomic E-state index is 0.0495. The second-order valence-electron chi connectivity index (χ2n) is 3.85. The Balaban J connectivity index is 3.14. The second kappa shape index (κ2) is 5.78. The van der Waals surface area contributed by atoms with Crippen LogP contribution in [-0.2, 0) is 0 Å². The van der Waals surface area contributed by atoms with Crippen molar-refractivity contribution in [3.05, 3.63) is 23.8 Å². The lowest BCUT2D eigenvalue weighted by Crippen LogP contribution is -2.20. The predicted molar refractivity (Wildman–Crippen MR) is 57.0 cm³/mol. The normalized spacial score (nSPS) is 14.0. The Morgan fingerprint density at radius 2 is 1.35 bits per heavy atom. The molecule has 0 spiro atoms. The molecule has 0 heterocycles. The third-order valence-electron chi connectivity index (χ3n) is 2.24. The Bertz CT molecular complexity index is 423. The van der Waals surface area contributed by atoms with Crippen molar-refractivity contribution in [1.82, 2.24) is 0 Å². The number of nitrogens with two attached hydrogens (primary N) is 1. The van der Waals surface area contributed by atoms with Gasteiger partial charge in [0.15, 0.2) is 0 Å². The van der Waals surface area contributed by atoms with E-state index in [9.17, 15) is 26.3 Å². The topological polar surface area (TPSA) is 44.5 Å². The molecule has 0 aliphatic carbocycles. The van der Waals surface area contributed by atoms with Crippen LogP contribution in [0.15, 0.2) is 18.2 Å². The van der Waals surface area contributed by atoms with E-state index in [2.05, 4.69) is 9.47 Å². The lowest BCUT2D eigenvalue weighted by Gasteiger charge is -2.16. The maximum Gasteiger partial charge on any atom is 0.573 e. The molecule has 0 saturated carbocycles. The molecule has 20 heavy (non-hydrogen) atoms. The summed E-state index contributed by atoms with van der Waals surface area (Å²) in [6, 6.07) is 1.60. The highest BCUT2D eigenvalue weighted by Crippen LogP contribution is 2.33. The van der Waals surface area contributed by atoms with Crippen molar-refractivity contribution in [2.45, 2.75) is 32.1 Å². The summed E-state index contributed by atoms with van der Waals surface area (Å²) in [5.74, 6) is -1.64. The molecule has 1 aromatic rings. The van der Waals surface area contributed by atoms with E-state index < -0.39 is 30.3 Å². The molecule has 0 saturated heterocycles. The molecule has 0 amide bonds. The summed E-state index contributed by atoms with van der Waals surface area (Å²) in [4.78, 5) is 0. The largest absolute Gasteiger partial charge is 0.573 e. The van der Waals surface area contributed by atoms with Crippen LogP contribution in [-0.4, -0.2) is 12.7 Å². The van der Waals surface area contributed by atoms with Gasteiger partial charge in [0.2, 0.25) is 0 Å². The minimum Gasteiger partial charge on any atom is -0.406 e. The molecule has 3 nitrogen and oxygen atoms in total. The molecule has 0 fully saturated rings. The molecule has 1 aromatic carbocycles. The maximum absolute atomic E-state index is 12.1. The van der Waals surface area contributed by atoms with Gasteiger partial charge in [-0.2, -0.15) is 0 Å². The molecule has 0 aliphatic heterocycles. The van der Waals surface area contributed by atoms with E-state index in [1.54, 1.807) is 6.92 Å². The van der Waals surface area contributed by atoms with Gasteiger partial charge in [-0.3, -0.25) is 0 Å². The average Bonchev–Trinajstić information content (AvgIpc) is 2.22. The van der Waals surface area contributed by atoms with Gasteiger partial charge in [-0.1, -0.05) is 6.92 Å². The molecule has 0 aromatic heterocycles. The number of hydrogen-bond acceptors (Lipinski definition) is 3. The zero-order valence-electron chi connectivity index (χ0n) is 10.2. The standard InChI is InChI=1S/C11H11F6NO2/c1-2-9(18)6-3-7(19-10(12,13)14)5-8(4-6)20-11(15,16)17/h3-5,9H,2,18H2,1H3. The SMILES string of the molecule is CCC(N)c1cc(OC(F)(F)F)cc(OC(F)(F)F)c1. The Morgan fingerprint density at radius 1 is 0.950 bits per heavy atom. The highest BCUT2D eigenvalue weighted by atomic mass is 19.4. The predicted octanol–water partition coefficient (Wildman–Crippen LogP) is 3.89. The van der Waals surface area contributed by atoms with Crippen molar-refractivity contribution in [2.75, 3.05) is 0 Å². The van der Waals surface area contributed by atoms with E-state index in [0.29, 0.717) is 12.5 Å². The van der Waals surface area contributed by atoms with Gasteiger partial charge in [0, 0.05) is 12.1 Å². The quantitative estimate of drug-likeness (QED) is 0.858. The number of halogens is 6. The fourth-order valence-electron chi connectivity index (χ4n) is 1.43. The van der Waals surface area contributed by atoms with Gasteiger partial charge in [0.25, 0.3) is 0 Å². The number of benzene rings is 1. The first-order valence-corrected chi connectivity index (χ1v) is 5.42. The van der Waals surface area contributed by atoms with Gasteiger partial charge in [0.1, 0.15) is 11.5 Å². The molecule has 1 unspecified atom stereocenters. The first-order chi connectivity index (χ1) is 9.00. The van der Waals surface area contributed by atoms with E-state index in [1.165, 1.54) is 0 Å². The van der Waals surface area contributed by atoms with Gasteiger partial charge in [-0.15, -0.1) is 26.3 Å². The fourth-order valence-corrected chi connectivity index (χ4v) is 1.43. The van der Waals surface area contributed by atoms with Crippen molar-refractivity contribution in [1.29, 1.82) is 0 Å². The summed E-state index contributed by atoms with van der Waals surface area (Å²) in [5.41, 5.74) is 5.64. The van der Waals surface area contributed by atoms with E-state index in [-0.39, 0.29) is 5.56 Å². The van der Waals surface area contributed by atoms with Crippen LogP contribution in [0.1, 0.15) is 24.9 Å². The van der Waals surface area contributed by atoms with Crippen molar-refractivity contribution in [3.8, 4) is 11.5 Å². The number of rotatable bonds is 4. The third kappa shape index (κ3) is 5.55. The van der Waals surface area contributed by atoms with Gasteiger partial charge in [-0.05, 0) is 24.1 Å². The van der Waals surface area contributed by atoms with Crippen molar-refractivity contribution in [3.63, 3.8) is 0 Å². The van der Waals surface area contributed by atoms with Crippen LogP contribution in [0.2, 0.25) is 0 Å². The smallest absolute Gasteiger partial charge is 0.406 e. The van der Waals surface area contributed by atoms with Crippen LogP contribution in [0.5, 0.6) is 11.5 Å². The highest BCUT2D eigenvalue weighted by molar-refractivity contribution is 5.40. The minimum atomic E-state index is -5.02.